The highest BCUT2D eigenvalue weighted by Crippen LogP contribution is 2.38. The molecule has 1 aliphatic heterocycles. The molecule has 2 aromatic rings. The second-order valence-corrected chi connectivity index (χ2v) is 8.72. The van der Waals surface area contributed by atoms with E-state index in [9.17, 15) is 18.0 Å². The number of ketones is 1. The van der Waals surface area contributed by atoms with Gasteiger partial charge in [-0.1, -0.05) is 0 Å². The van der Waals surface area contributed by atoms with Gasteiger partial charge in [-0.2, -0.15) is 4.31 Å². The smallest absolute Gasteiger partial charge is 0.251 e. The number of methoxy groups -OCH3 is 3. The van der Waals surface area contributed by atoms with Crippen LogP contribution in [0.5, 0.6) is 17.2 Å². The minimum absolute atomic E-state index is 0.0123. The molecule has 0 atom stereocenters. The van der Waals surface area contributed by atoms with Gasteiger partial charge < -0.3 is 18.8 Å². The van der Waals surface area contributed by atoms with Crippen molar-refractivity contribution in [2.24, 2.45) is 0 Å². The molecule has 1 aliphatic rings. The molecule has 9 nitrogen and oxygen atoms in total. The van der Waals surface area contributed by atoms with Gasteiger partial charge in [0.2, 0.25) is 15.8 Å². The van der Waals surface area contributed by atoms with E-state index in [0.29, 0.717) is 30.3 Å². The Morgan fingerprint density at radius 3 is 2.13 bits per heavy atom. The van der Waals surface area contributed by atoms with E-state index < -0.39 is 21.4 Å². The number of nitrogens with zero attached hydrogens (tertiary/aromatic N) is 2. The molecule has 0 aliphatic carbocycles. The predicted octanol–water partition coefficient (Wildman–Crippen LogP) is 1.54. The number of benzene rings is 1. The molecule has 10 heteroatoms. The fourth-order valence-electron chi connectivity index (χ4n) is 3.35. The number of Topliss-reactive ketones (excluding diaryl/α,β-unsaturated/α-hetero) is 1. The lowest BCUT2D eigenvalue weighted by atomic mass is 10.1. The molecule has 1 saturated heterocycles. The molecule has 30 heavy (non-hydrogen) atoms. The first-order valence-corrected chi connectivity index (χ1v) is 10.8. The summed E-state index contributed by atoms with van der Waals surface area (Å²) in [5.74, 6) is 0.537. The highest BCUT2D eigenvalue weighted by atomic mass is 32.2. The zero-order valence-electron chi connectivity index (χ0n) is 17.1. The summed E-state index contributed by atoms with van der Waals surface area (Å²) in [5.41, 5.74) is -0.236. The van der Waals surface area contributed by atoms with Gasteiger partial charge in [-0.3, -0.25) is 9.59 Å². The topological polar surface area (TPSA) is 104 Å². The second kappa shape index (κ2) is 8.88. The highest BCUT2D eigenvalue weighted by Gasteiger charge is 2.28. The predicted molar refractivity (Wildman–Crippen MR) is 109 cm³/mol. The lowest BCUT2D eigenvalue weighted by Gasteiger charge is -2.16. The van der Waals surface area contributed by atoms with Crippen molar-refractivity contribution in [3.05, 3.63) is 46.4 Å². The lowest BCUT2D eigenvalue weighted by molar-refractivity contribution is 0.0969. The number of ether oxygens (including phenoxy) is 3. The van der Waals surface area contributed by atoms with Crippen LogP contribution in [0.15, 0.2) is 40.2 Å². The Balaban J connectivity index is 1.93. The van der Waals surface area contributed by atoms with Crippen molar-refractivity contribution in [2.75, 3.05) is 34.4 Å². The van der Waals surface area contributed by atoms with Gasteiger partial charge in [0.15, 0.2) is 17.3 Å². The van der Waals surface area contributed by atoms with Crippen LogP contribution < -0.4 is 19.8 Å². The van der Waals surface area contributed by atoms with E-state index in [-0.39, 0.29) is 17.0 Å². The average molecular weight is 436 g/mol. The van der Waals surface area contributed by atoms with Crippen LogP contribution in [0.3, 0.4) is 0 Å². The van der Waals surface area contributed by atoms with Crippen molar-refractivity contribution in [1.82, 2.24) is 8.87 Å². The van der Waals surface area contributed by atoms with Gasteiger partial charge in [-0.05, 0) is 31.0 Å². The first-order chi connectivity index (χ1) is 14.3. The highest BCUT2D eigenvalue weighted by molar-refractivity contribution is 7.89. The van der Waals surface area contributed by atoms with Crippen LogP contribution in [-0.4, -0.2) is 57.5 Å². The molecule has 0 amide bonds. The van der Waals surface area contributed by atoms with Crippen LogP contribution in [0, 0.1) is 0 Å². The van der Waals surface area contributed by atoms with Gasteiger partial charge in [-0.25, -0.2) is 8.42 Å². The van der Waals surface area contributed by atoms with E-state index in [4.69, 9.17) is 14.2 Å². The van der Waals surface area contributed by atoms with Gasteiger partial charge in [0.1, 0.15) is 0 Å². The van der Waals surface area contributed by atoms with Gasteiger partial charge in [0.25, 0.3) is 5.56 Å². The number of aromatic nitrogens is 1. The normalized spacial score (nSPS) is 14.5. The van der Waals surface area contributed by atoms with Gasteiger partial charge >= 0.3 is 0 Å². The van der Waals surface area contributed by atoms with Crippen LogP contribution in [0.25, 0.3) is 0 Å². The van der Waals surface area contributed by atoms with Crippen molar-refractivity contribution in [1.29, 1.82) is 0 Å². The lowest BCUT2D eigenvalue weighted by Crippen LogP contribution is -2.30. The van der Waals surface area contributed by atoms with Crippen molar-refractivity contribution in [2.45, 2.75) is 24.3 Å². The molecule has 0 radical (unpaired) electrons. The fraction of sp³-hybridized carbons (Fsp3) is 0.400. The van der Waals surface area contributed by atoms with Crippen LogP contribution in [0.4, 0.5) is 0 Å². The van der Waals surface area contributed by atoms with E-state index in [1.54, 1.807) is 0 Å². The zero-order valence-corrected chi connectivity index (χ0v) is 17.9. The van der Waals surface area contributed by atoms with Gasteiger partial charge in [0, 0.05) is 30.9 Å². The molecule has 0 bridgehead atoms. The SMILES string of the molecule is COc1cc(C(=O)Cn2cc(S(=O)(=O)N3CCCC3)ccc2=O)cc(OC)c1OC. The summed E-state index contributed by atoms with van der Waals surface area (Å²) in [7, 11) is 0.616. The Morgan fingerprint density at radius 1 is 1.00 bits per heavy atom. The number of carbonyl (C=O) groups excluding carboxylic acids is 1. The summed E-state index contributed by atoms with van der Waals surface area (Å²) >= 11 is 0. The third-order valence-corrected chi connectivity index (χ3v) is 6.84. The summed E-state index contributed by atoms with van der Waals surface area (Å²) in [6.07, 6.45) is 2.82. The monoisotopic (exact) mass is 436 g/mol. The maximum Gasteiger partial charge on any atom is 0.251 e. The molecule has 1 aromatic carbocycles. The minimum Gasteiger partial charge on any atom is -0.493 e. The van der Waals surface area contributed by atoms with E-state index in [1.165, 1.54) is 50.0 Å². The Hall–Kier alpha value is -2.85. The largest absolute Gasteiger partial charge is 0.493 e. The van der Waals surface area contributed by atoms with E-state index in [2.05, 4.69) is 0 Å². The third kappa shape index (κ3) is 4.19. The van der Waals surface area contributed by atoms with Crippen LogP contribution in [-0.2, 0) is 16.6 Å². The maximum atomic E-state index is 12.8. The van der Waals surface area contributed by atoms with Crippen molar-refractivity contribution < 1.29 is 27.4 Å². The zero-order chi connectivity index (χ0) is 21.9. The summed E-state index contributed by atoms with van der Waals surface area (Å²) in [4.78, 5) is 25.1. The molecule has 0 unspecified atom stereocenters. The van der Waals surface area contributed by atoms with E-state index in [0.717, 1.165) is 23.5 Å². The molecule has 1 aromatic heterocycles. The van der Waals surface area contributed by atoms with Crippen LogP contribution in [0.2, 0.25) is 0 Å². The number of pyridine rings is 1. The van der Waals surface area contributed by atoms with Gasteiger partial charge in [-0.15, -0.1) is 0 Å². The molecular formula is C20H24N2O7S. The molecule has 2 heterocycles. The quantitative estimate of drug-likeness (QED) is 0.578. The van der Waals surface area contributed by atoms with Crippen LogP contribution >= 0.6 is 0 Å². The molecule has 0 N–H and O–H groups in total. The Labute approximate surface area is 174 Å². The number of hydrogen-bond acceptors (Lipinski definition) is 7. The molecule has 1 fully saturated rings. The Morgan fingerprint density at radius 2 is 1.60 bits per heavy atom. The maximum absolute atomic E-state index is 12.8. The third-order valence-electron chi connectivity index (χ3n) is 4.96. The Kier molecular flexibility index (Phi) is 6.47. The molecule has 0 spiro atoms. The minimum atomic E-state index is -3.70. The van der Waals surface area contributed by atoms with Crippen LogP contribution in [0.1, 0.15) is 23.2 Å². The fourth-order valence-corrected chi connectivity index (χ4v) is 4.89. The van der Waals surface area contributed by atoms with Crippen molar-refractivity contribution >= 4 is 15.8 Å². The van der Waals surface area contributed by atoms with Gasteiger partial charge in [0.05, 0.1) is 32.8 Å². The summed E-state index contributed by atoms with van der Waals surface area (Å²) < 4.78 is 43.8. The Bertz CT molecular complexity index is 1080. The first-order valence-electron chi connectivity index (χ1n) is 9.35. The summed E-state index contributed by atoms with van der Waals surface area (Å²) in [6.45, 7) is 0.568. The summed E-state index contributed by atoms with van der Waals surface area (Å²) in [5, 5.41) is 0. The average Bonchev–Trinajstić information content (AvgIpc) is 3.29. The second-order valence-electron chi connectivity index (χ2n) is 6.78. The van der Waals surface area contributed by atoms with Crippen molar-refractivity contribution in [3.8, 4) is 17.2 Å². The van der Waals surface area contributed by atoms with Crippen molar-refractivity contribution in [3.63, 3.8) is 0 Å². The first kappa shape index (κ1) is 21.8. The molecule has 162 valence electrons. The number of hydrogen-bond donors (Lipinski definition) is 0. The van der Waals surface area contributed by atoms with E-state index >= 15 is 0 Å². The molecular weight excluding hydrogens is 412 g/mol. The van der Waals surface area contributed by atoms with E-state index in [1.807, 2.05) is 0 Å². The number of rotatable bonds is 8. The standard InChI is InChI=1S/C20H24N2O7S/c1-27-17-10-14(11-18(28-2)20(17)29-3)16(23)13-21-12-15(6-7-19(21)24)30(25,26)22-8-4-5-9-22/h6-7,10-12H,4-5,8-9,13H2,1-3H3. The molecule has 3 rings (SSSR count). The summed E-state index contributed by atoms with van der Waals surface area (Å²) in [6, 6.07) is 5.40. The number of carbonyl (C=O) groups is 1. The number of sulfonamides is 1. The molecule has 0 saturated carbocycles.